The van der Waals surface area contributed by atoms with Crippen LogP contribution in [0, 0.1) is 0 Å². The summed E-state index contributed by atoms with van der Waals surface area (Å²) in [6, 6.07) is 7.41. The van der Waals surface area contributed by atoms with E-state index in [1.165, 1.54) is 12.8 Å². The molecule has 110 valence electrons. The van der Waals surface area contributed by atoms with Crippen molar-refractivity contribution in [2.45, 2.75) is 31.7 Å². The average molecular weight is 306 g/mol. The number of nitrogens with one attached hydrogen (secondary N) is 3. The molecule has 1 saturated carbocycles. The molecule has 0 atom stereocenters. The molecule has 1 heterocycles. The first-order valence-electron chi connectivity index (χ1n) is 6.96. The van der Waals surface area contributed by atoms with Crippen LogP contribution in [0.15, 0.2) is 24.3 Å². The van der Waals surface area contributed by atoms with Crippen LogP contribution in [0.25, 0.3) is 0 Å². The Morgan fingerprint density at radius 2 is 1.90 bits per heavy atom. The van der Waals surface area contributed by atoms with Crippen LogP contribution in [0.4, 0.5) is 11.5 Å². The van der Waals surface area contributed by atoms with E-state index in [1.807, 2.05) is 12.1 Å². The van der Waals surface area contributed by atoms with E-state index in [0.29, 0.717) is 10.8 Å². The molecule has 6 nitrogen and oxygen atoms in total. The highest BCUT2D eigenvalue weighted by molar-refractivity contribution is 6.30. The predicted octanol–water partition coefficient (Wildman–Crippen LogP) is 2.87. The third-order valence-electron chi connectivity index (χ3n) is 3.56. The first-order chi connectivity index (χ1) is 10.2. The van der Waals surface area contributed by atoms with Gasteiger partial charge in [0, 0.05) is 16.8 Å². The van der Waals surface area contributed by atoms with Gasteiger partial charge in [-0.25, -0.2) is 0 Å². The summed E-state index contributed by atoms with van der Waals surface area (Å²) in [6.45, 7) is 0. The maximum absolute atomic E-state index is 12.2. The van der Waals surface area contributed by atoms with E-state index in [9.17, 15) is 4.79 Å². The highest BCUT2D eigenvalue weighted by atomic mass is 35.5. The van der Waals surface area contributed by atoms with Gasteiger partial charge in [0.25, 0.3) is 5.91 Å². The number of halogens is 1. The van der Waals surface area contributed by atoms with Gasteiger partial charge in [0.1, 0.15) is 0 Å². The smallest absolute Gasteiger partial charge is 0.275 e. The number of aromatic nitrogens is 3. The van der Waals surface area contributed by atoms with Gasteiger partial charge >= 0.3 is 0 Å². The maximum Gasteiger partial charge on any atom is 0.275 e. The summed E-state index contributed by atoms with van der Waals surface area (Å²) in [5.41, 5.74) is 1.07. The van der Waals surface area contributed by atoms with Crippen molar-refractivity contribution in [1.82, 2.24) is 20.7 Å². The molecule has 1 amide bonds. The van der Waals surface area contributed by atoms with Crippen molar-refractivity contribution in [1.29, 1.82) is 0 Å². The number of benzene rings is 1. The van der Waals surface area contributed by atoms with E-state index in [1.54, 1.807) is 12.1 Å². The number of hydrogen-bond donors (Lipinski definition) is 3. The topological polar surface area (TPSA) is 82.7 Å². The number of nitrogens with zero attached hydrogens (tertiary/aromatic N) is 2. The van der Waals surface area contributed by atoms with Crippen LogP contribution in [0.5, 0.6) is 0 Å². The second-order valence-electron chi connectivity index (χ2n) is 5.11. The van der Waals surface area contributed by atoms with E-state index >= 15 is 0 Å². The summed E-state index contributed by atoms with van der Waals surface area (Å²) in [4.78, 5) is 12.2. The van der Waals surface area contributed by atoms with Gasteiger partial charge in [-0.1, -0.05) is 24.4 Å². The zero-order valence-electron chi connectivity index (χ0n) is 11.4. The molecule has 3 N–H and O–H groups in total. The fraction of sp³-hybridized carbons (Fsp3) is 0.357. The summed E-state index contributed by atoms with van der Waals surface area (Å²) >= 11 is 5.84. The quantitative estimate of drug-likeness (QED) is 0.811. The van der Waals surface area contributed by atoms with E-state index in [4.69, 9.17) is 11.6 Å². The molecule has 0 saturated heterocycles. The SMILES string of the molecule is O=C(NC1CCCC1)c1n[nH]nc1Nc1ccc(Cl)cc1. The Kier molecular flexibility index (Phi) is 4.06. The maximum atomic E-state index is 12.2. The monoisotopic (exact) mass is 305 g/mol. The number of hydrogen-bond acceptors (Lipinski definition) is 4. The Balaban J connectivity index is 1.70. The van der Waals surface area contributed by atoms with Gasteiger partial charge in [-0.05, 0) is 37.1 Å². The number of carbonyl (C=O) groups is 1. The molecule has 1 fully saturated rings. The zero-order valence-corrected chi connectivity index (χ0v) is 12.2. The van der Waals surface area contributed by atoms with Gasteiger partial charge in [-0.3, -0.25) is 4.79 Å². The molecule has 1 aromatic carbocycles. The van der Waals surface area contributed by atoms with E-state index in [-0.39, 0.29) is 17.6 Å². The van der Waals surface area contributed by atoms with E-state index in [2.05, 4.69) is 26.0 Å². The highest BCUT2D eigenvalue weighted by Crippen LogP contribution is 2.21. The summed E-state index contributed by atoms with van der Waals surface area (Å²) in [5, 5.41) is 17.1. The van der Waals surface area contributed by atoms with Gasteiger partial charge in [0.05, 0.1) is 0 Å². The fourth-order valence-corrected chi connectivity index (χ4v) is 2.60. The largest absolute Gasteiger partial charge is 0.348 e. The van der Waals surface area contributed by atoms with E-state index in [0.717, 1.165) is 18.5 Å². The van der Waals surface area contributed by atoms with Gasteiger partial charge in [-0.15, -0.1) is 10.2 Å². The lowest BCUT2D eigenvalue weighted by Crippen LogP contribution is -2.33. The van der Waals surface area contributed by atoms with Crippen molar-refractivity contribution in [3.05, 3.63) is 35.0 Å². The molecule has 1 aromatic heterocycles. The summed E-state index contributed by atoms with van der Waals surface area (Å²) in [5.74, 6) is 0.208. The third kappa shape index (κ3) is 3.33. The lowest BCUT2D eigenvalue weighted by Gasteiger charge is -2.11. The van der Waals surface area contributed by atoms with Crippen molar-refractivity contribution >= 4 is 29.0 Å². The van der Waals surface area contributed by atoms with Gasteiger partial charge in [0.15, 0.2) is 11.5 Å². The molecule has 0 spiro atoms. The molecule has 0 bridgehead atoms. The molecule has 1 aliphatic carbocycles. The minimum atomic E-state index is -0.202. The Morgan fingerprint density at radius 3 is 2.62 bits per heavy atom. The average Bonchev–Trinajstić information content (AvgIpc) is 3.13. The second-order valence-corrected chi connectivity index (χ2v) is 5.54. The number of rotatable bonds is 4. The first-order valence-corrected chi connectivity index (χ1v) is 7.34. The molecule has 2 aromatic rings. The molecule has 0 radical (unpaired) electrons. The lowest BCUT2D eigenvalue weighted by atomic mass is 10.2. The van der Waals surface area contributed by atoms with Crippen LogP contribution in [0.3, 0.4) is 0 Å². The zero-order chi connectivity index (χ0) is 14.7. The minimum absolute atomic E-state index is 0.202. The number of carbonyl (C=O) groups excluding carboxylic acids is 1. The Hall–Kier alpha value is -2.08. The van der Waals surface area contributed by atoms with Crippen LogP contribution in [0.2, 0.25) is 5.02 Å². The summed E-state index contributed by atoms with van der Waals surface area (Å²) in [7, 11) is 0. The molecule has 1 aliphatic rings. The number of H-pyrrole nitrogens is 1. The van der Waals surface area contributed by atoms with Gasteiger partial charge < -0.3 is 10.6 Å². The molecule has 0 aliphatic heterocycles. The Bertz CT molecular complexity index is 619. The number of anilines is 2. The van der Waals surface area contributed by atoms with Crippen molar-refractivity contribution in [3.63, 3.8) is 0 Å². The highest BCUT2D eigenvalue weighted by Gasteiger charge is 2.22. The fourth-order valence-electron chi connectivity index (χ4n) is 2.47. The minimum Gasteiger partial charge on any atom is -0.348 e. The Labute approximate surface area is 127 Å². The van der Waals surface area contributed by atoms with Crippen LogP contribution in [0.1, 0.15) is 36.2 Å². The normalized spacial score (nSPS) is 15.1. The van der Waals surface area contributed by atoms with Crippen molar-refractivity contribution in [2.24, 2.45) is 0 Å². The van der Waals surface area contributed by atoms with Crippen molar-refractivity contribution < 1.29 is 4.79 Å². The summed E-state index contributed by atoms with van der Waals surface area (Å²) < 4.78 is 0. The lowest BCUT2D eigenvalue weighted by molar-refractivity contribution is 0.0933. The van der Waals surface area contributed by atoms with Crippen LogP contribution in [-0.2, 0) is 0 Å². The number of amides is 1. The standard InChI is InChI=1S/C14H16ClN5O/c15-9-5-7-11(8-6-9)16-13-12(18-20-19-13)14(21)17-10-3-1-2-4-10/h5-8,10H,1-4H2,(H,17,21)(H2,16,18,19,20). The molecule has 3 rings (SSSR count). The molecule has 7 heteroatoms. The van der Waals surface area contributed by atoms with Crippen molar-refractivity contribution in [2.75, 3.05) is 5.32 Å². The second kappa shape index (κ2) is 6.13. The van der Waals surface area contributed by atoms with Crippen LogP contribution in [-0.4, -0.2) is 27.4 Å². The Morgan fingerprint density at radius 1 is 1.19 bits per heavy atom. The summed E-state index contributed by atoms with van der Waals surface area (Å²) in [6.07, 6.45) is 4.40. The van der Waals surface area contributed by atoms with Crippen LogP contribution < -0.4 is 10.6 Å². The van der Waals surface area contributed by atoms with E-state index < -0.39 is 0 Å². The molecule has 21 heavy (non-hydrogen) atoms. The van der Waals surface area contributed by atoms with Crippen molar-refractivity contribution in [3.8, 4) is 0 Å². The molecule has 0 unspecified atom stereocenters. The number of aromatic amines is 1. The molecular formula is C14H16ClN5O. The van der Waals surface area contributed by atoms with Gasteiger partial charge in [-0.2, -0.15) is 5.21 Å². The van der Waals surface area contributed by atoms with Crippen LogP contribution >= 0.6 is 11.6 Å². The first kappa shape index (κ1) is 13.9. The van der Waals surface area contributed by atoms with Gasteiger partial charge in [0.2, 0.25) is 0 Å². The molecular weight excluding hydrogens is 290 g/mol. The predicted molar refractivity (Wildman–Crippen MR) is 80.8 cm³/mol. The third-order valence-corrected chi connectivity index (χ3v) is 3.81.